The number of hydrogen-bond donors (Lipinski definition) is 1. The molecule has 1 amide bonds. The zero-order chi connectivity index (χ0) is 13.7. The normalized spacial score (nSPS) is 26.4. The molecule has 0 aromatic carbocycles. The zero-order valence-electron chi connectivity index (χ0n) is 10.6. The number of alkyl halides is 1. The predicted molar refractivity (Wildman–Crippen MR) is 72.6 cm³/mol. The van der Waals surface area contributed by atoms with Crippen molar-refractivity contribution in [3.8, 4) is 6.07 Å². The van der Waals surface area contributed by atoms with Crippen molar-refractivity contribution in [3.63, 3.8) is 0 Å². The van der Waals surface area contributed by atoms with Crippen LogP contribution in [0, 0.1) is 11.3 Å². The topological polar surface area (TPSA) is 65.8 Å². The highest BCUT2D eigenvalue weighted by Crippen LogP contribution is 2.37. The maximum atomic E-state index is 11.3. The summed E-state index contributed by atoms with van der Waals surface area (Å²) in [7, 11) is 0. The highest BCUT2D eigenvalue weighted by atomic mass is 35.5. The third-order valence-corrected chi connectivity index (χ3v) is 3.94. The molecular formula is C14H16ClN3O. The van der Waals surface area contributed by atoms with Gasteiger partial charge in [0.25, 0.3) is 0 Å². The summed E-state index contributed by atoms with van der Waals surface area (Å²) in [6.07, 6.45) is 4.72. The van der Waals surface area contributed by atoms with E-state index in [1.165, 1.54) is 0 Å². The highest BCUT2D eigenvalue weighted by Gasteiger charge is 2.38. The minimum absolute atomic E-state index is 0.0138. The van der Waals surface area contributed by atoms with Gasteiger partial charge in [-0.05, 0) is 37.8 Å². The average molecular weight is 278 g/mol. The van der Waals surface area contributed by atoms with Crippen LogP contribution in [0.5, 0.6) is 0 Å². The van der Waals surface area contributed by atoms with E-state index in [4.69, 9.17) is 11.6 Å². The van der Waals surface area contributed by atoms with Gasteiger partial charge in [0, 0.05) is 12.2 Å². The summed E-state index contributed by atoms with van der Waals surface area (Å²) >= 11 is 5.48. The smallest absolute Gasteiger partial charge is 0.235 e. The first-order valence-corrected chi connectivity index (χ1v) is 6.92. The maximum Gasteiger partial charge on any atom is 0.235 e. The molecule has 0 aliphatic heterocycles. The fourth-order valence-electron chi connectivity index (χ4n) is 2.59. The lowest BCUT2D eigenvalue weighted by Crippen LogP contribution is -2.42. The van der Waals surface area contributed by atoms with Crippen LogP contribution in [0.1, 0.15) is 31.4 Å². The highest BCUT2D eigenvalue weighted by molar-refractivity contribution is 6.27. The Morgan fingerprint density at radius 2 is 2.26 bits per heavy atom. The third kappa shape index (κ3) is 3.05. The van der Waals surface area contributed by atoms with Crippen molar-refractivity contribution in [2.24, 2.45) is 0 Å². The molecule has 1 aromatic rings. The average Bonchev–Trinajstić information content (AvgIpc) is 2.49. The fraction of sp³-hybridized carbons (Fsp3) is 0.500. The Morgan fingerprint density at radius 1 is 1.53 bits per heavy atom. The maximum absolute atomic E-state index is 11.3. The minimum atomic E-state index is -0.510. The molecule has 4 nitrogen and oxygen atoms in total. The predicted octanol–water partition coefficient (Wildman–Crippen LogP) is 2.14. The molecule has 2 rings (SSSR count). The van der Waals surface area contributed by atoms with Gasteiger partial charge in [0.05, 0.1) is 17.2 Å². The molecule has 1 saturated carbocycles. The summed E-state index contributed by atoms with van der Waals surface area (Å²) in [5, 5.41) is 12.4. The van der Waals surface area contributed by atoms with E-state index in [0.717, 1.165) is 18.5 Å². The molecule has 1 aliphatic rings. The number of pyridine rings is 1. The molecule has 0 saturated heterocycles. The van der Waals surface area contributed by atoms with Crippen LogP contribution in [0.3, 0.4) is 0 Å². The van der Waals surface area contributed by atoms with Gasteiger partial charge >= 0.3 is 0 Å². The molecule has 0 radical (unpaired) electrons. The number of hydrogen-bond acceptors (Lipinski definition) is 3. The molecule has 0 spiro atoms. The SMILES string of the molecule is N#CC1(c2ccccn2)CCC(NC(=O)CCl)CC1. The van der Waals surface area contributed by atoms with Gasteiger partial charge in [-0.25, -0.2) is 0 Å². The number of rotatable bonds is 3. The van der Waals surface area contributed by atoms with E-state index in [1.807, 2.05) is 18.2 Å². The summed E-state index contributed by atoms with van der Waals surface area (Å²) in [5.41, 5.74) is 0.323. The van der Waals surface area contributed by atoms with Gasteiger partial charge in [-0.3, -0.25) is 9.78 Å². The Kier molecular flexibility index (Phi) is 4.39. The first-order chi connectivity index (χ1) is 9.20. The fourth-order valence-corrected chi connectivity index (χ4v) is 2.67. The van der Waals surface area contributed by atoms with Crippen LogP contribution in [0.15, 0.2) is 24.4 Å². The Hall–Kier alpha value is -1.60. The van der Waals surface area contributed by atoms with Gasteiger partial charge in [0.2, 0.25) is 5.91 Å². The van der Waals surface area contributed by atoms with Gasteiger partial charge in [-0.1, -0.05) is 6.07 Å². The number of carbonyl (C=O) groups excluding carboxylic acids is 1. The van der Waals surface area contributed by atoms with Crippen LogP contribution < -0.4 is 5.32 Å². The molecule has 0 bridgehead atoms. The van der Waals surface area contributed by atoms with Crippen LogP contribution in [-0.4, -0.2) is 22.8 Å². The lowest BCUT2D eigenvalue weighted by molar-refractivity contribution is -0.119. The van der Waals surface area contributed by atoms with E-state index in [1.54, 1.807) is 6.20 Å². The lowest BCUT2D eigenvalue weighted by atomic mass is 9.71. The van der Waals surface area contributed by atoms with E-state index in [2.05, 4.69) is 16.4 Å². The van der Waals surface area contributed by atoms with Crippen molar-refractivity contribution in [3.05, 3.63) is 30.1 Å². The van der Waals surface area contributed by atoms with Crippen molar-refractivity contribution in [1.82, 2.24) is 10.3 Å². The van der Waals surface area contributed by atoms with Crippen LogP contribution in [-0.2, 0) is 10.2 Å². The number of nitrogens with one attached hydrogen (secondary N) is 1. The van der Waals surface area contributed by atoms with Crippen molar-refractivity contribution in [2.75, 3.05) is 5.88 Å². The number of halogens is 1. The molecule has 1 aliphatic carbocycles. The minimum Gasteiger partial charge on any atom is -0.352 e. The number of nitrogens with zero attached hydrogens (tertiary/aromatic N) is 2. The zero-order valence-corrected chi connectivity index (χ0v) is 11.4. The number of aromatic nitrogens is 1. The van der Waals surface area contributed by atoms with Gasteiger partial charge < -0.3 is 5.32 Å². The summed E-state index contributed by atoms with van der Waals surface area (Å²) in [6, 6.07) is 8.20. The number of amides is 1. The van der Waals surface area contributed by atoms with E-state index in [0.29, 0.717) is 12.8 Å². The lowest BCUT2D eigenvalue weighted by Gasteiger charge is -2.34. The molecule has 0 unspecified atom stereocenters. The van der Waals surface area contributed by atoms with E-state index < -0.39 is 5.41 Å². The molecule has 1 N–H and O–H groups in total. The molecule has 5 heteroatoms. The Labute approximate surface area is 117 Å². The molecule has 1 aromatic heterocycles. The summed E-state index contributed by atoms with van der Waals surface area (Å²) in [4.78, 5) is 15.6. The number of nitriles is 1. The van der Waals surface area contributed by atoms with E-state index in [9.17, 15) is 10.1 Å². The van der Waals surface area contributed by atoms with Crippen molar-refractivity contribution < 1.29 is 4.79 Å². The molecule has 100 valence electrons. The van der Waals surface area contributed by atoms with Crippen molar-refractivity contribution in [2.45, 2.75) is 37.1 Å². The Balaban J connectivity index is 2.05. The summed E-state index contributed by atoms with van der Waals surface area (Å²) < 4.78 is 0. The molecule has 19 heavy (non-hydrogen) atoms. The molecular weight excluding hydrogens is 262 g/mol. The quantitative estimate of drug-likeness (QED) is 0.861. The van der Waals surface area contributed by atoms with Crippen LogP contribution in [0.2, 0.25) is 0 Å². The molecule has 0 atom stereocenters. The third-order valence-electron chi connectivity index (χ3n) is 3.69. The van der Waals surface area contributed by atoms with Gasteiger partial charge in [-0.15, -0.1) is 11.6 Å². The Bertz CT molecular complexity index is 475. The van der Waals surface area contributed by atoms with Crippen molar-refractivity contribution in [1.29, 1.82) is 5.26 Å². The second kappa shape index (κ2) is 6.03. The molecule has 1 heterocycles. The second-order valence-electron chi connectivity index (χ2n) is 4.88. The number of carbonyl (C=O) groups is 1. The standard InChI is InChI=1S/C14H16ClN3O/c15-9-13(19)18-11-4-6-14(10-16,7-5-11)12-3-1-2-8-17-12/h1-3,8,11H,4-7,9H2,(H,18,19). The van der Waals surface area contributed by atoms with Gasteiger partial charge in [0.1, 0.15) is 5.88 Å². The first kappa shape index (κ1) is 13.8. The monoisotopic (exact) mass is 277 g/mol. The van der Waals surface area contributed by atoms with Crippen LogP contribution >= 0.6 is 11.6 Å². The van der Waals surface area contributed by atoms with Crippen LogP contribution in [0.4, 0.5) is 0 Å². The van der Waals surface area contributed by atoms with Gasteiger partial charge in [-0.2, -0.15) is 5.26 Å². The van der Waals surface area contributed by atoms with Crippen LogP contribution in [0.25, 0.3) is 0 Å². The largest absolute Gasteiger partial charge is 0.352 e. The summed E-state index contributed by atoms with van der Waals surface area (Å²) in [6.45, 7) is 0. The second-order valence-corrected chi connectivity index (χ2v) is 5.15. The van der Waals surface area contributed by atoms with Crippen molar-refractivity contribution >= 4 is 17.5 Å². The Morgan fingerprint density at radius 3 is 2.79 bits per heavy atom. The summed E-state index contributed by atoms with van der Waals surface area (Å²) in [5.74, 6) is -0.158. The molecule has 1 fully saturated rings. The van der Waals surface area contributed by atoms with E-state index >= 15 is 0 Å². The van der Waals surface area contributed by atoms with Gasteiger partial charge in [0.15, 0.2) is 0 Å². The van der Waals surface area contributed by atoms with E-state index in [-0.39, 0.29) is 17.8 Å². The first-order valence-electron chi connectivity index (χ1n) is 6.38.